The molecule has 3 rings (SSSR count). The highest BCUT2D eigenvalue weighted by Crippen LogP contribution is 2.33. The number of hydrogen-bond donors (Lipinski definition) is 2. The van der Waals surface area contributed by atoms with Crippen LogP contribution in [0.4, 0.5) is 11.8 Å². The van der Waals surface area contributed by atoms with E-state index in [2.05, 4.69) is 15.1 Å². The highest BCUT2D eigenvalue weighted by Gasteiger charge is 2.18. The lowest BCUT2D eigenvalue weighted by atomic mass is 10.0. The number of hydrogen-bond acceptors (Lipinski definition) is 7. The van der Waals surface area contributed by atoms with Gasteiger partial charge in [0.25, 0.3) is 0 Å². The second-order valence-corrected chi connectivity index (χ2v) is 4.64. The van der Waals surface area contributed by atoms with Gasteiger partial charge in [-0.15, -0.1) is 0 Å². The molecule has 8 heteroatoms. The van der Waals surface area contributed by atoms with Gasteiger partial charge < -0.3 is 16.2 Å². The summed E-state index contributed by atoms with van der Waals surface area (Å²) in [5, 5.41) is 13.6. The van der Waals surface area contributed by atoms with Crippen LogP contribution in [-0.2, 0) is 0 Å². The Balaban J connectivity index is 2.34. The van der Waals surface area contributed by atoms with Crippen molar-refractivity contribution in [1.82, 2.24) is 19.7 Å². The number of nitriles is 1. The predicted octanol–water partition coefficient (Wildman–Crippen LogP) is 1.37. The maximum absolute atomic E-state index is 9.39. The molecular weight excluding hydrogens is 294 g/mol. The van der Waals surface area contributed by atoms with Crippen LogP contribution in [0.1, 0.15) is 5.56 Å². The monoisotopic (exact) mass is 307 g/mol. The SMILES string of the molecule is COc1ccc(-n2cccn2)c(-c2nc(N)nc(N)c2C#N)c1. The molecule has 0 spiro atoms. The maximum Gasteiger partial charge on any atom is 0.222 e. The van der Waals surface area contributed by atoms with E-state index in [1.165, 1.54) is 0 Å². The average Bonchev–Trinajstić information content (AvgIpc) is 3.08. The molecule has 0 amide bonds. The van der Waals surface area contributed by atoms with Crippen molar-refractivity contribution in [3.05, 3.63) is 42.2 Å². The van der Waals surface area contributed by atoms with Crippen LogP contribution < -0.4 is 16.2 Å². The third-order valence-electron chi connectivity index (χ3n) is 3.28. The lowest BCUT2D eigenvalue weighted by molar-refractivity contribution is 0.415. The quantitative estimate of drug-likeness (QED) is 0.747. The Kier molecular flexibility index (Phi) is 3.52. The first-order valence-electron chi connectivity index (χ1n) is 6.65. The van der Waals surface area contributed by atoms with E-state index in [4.69, 9.17) is 16.2 Å². The van der Waals surface area contributed by atoms with E-state index in [-0.39, 0.29) is 17.3 Å². The minimum atomic E-state index is -0.00858. The molecule has 0 bridgehead atoms. The van der Waals surface area contributed by atoms with Gasteiger partial charge in [0.1, 0.15) is 23.2 Å². The molecular formula is C15H13N7O. The van der Waals surface area contributed by atoms with Gasteiger partial charge in [-0.1, -0.05) is 0 Å². The summed E-state index contributed by atoms with van der Waals surface area (Å²) in [5.74, 6) is 0.630. The van der Waals surface area contributed by atoms with E-state index in [0.29, 0.717) is 22.7 Å². The topological polar surface area (TPSA) is 129 Å². The van der Waals surface area contributed by atoms with Crippen LogP contribution in [0.2, 0.25) is 0 Å². The van der Waals surface area contributed by atoms with Crippen molar-refractivity contribution in [2.24, 2.45) is 0 Å². The standard InChI is InChI=1S/C15H13N7O/c1-23-9-3-4-12(22-6-2-5-19-22)10(7-9)13-11(8-16)14(17)21-15(18)20-13/h2-7H,1H3,(H4,17,18,20,21). The lowest BCUT2D eigenvalue weighted by Crippen LogP contribution is -2.07. The van der Waals surface area contributed by atoms with Crippen LogP contribution in [0.5, 0.6) is 5.75 Å². The number of aromatic nitrogens is 4. The van der Waals surface area contributed by atoms with Gasteiger partial charge in [0.2, 0.25) is 5.95 Å². The summed E-state index contributed by atoms with van der Waals surface area (Å²) >= 11 is 0. The number of nitrogens with two attached hydrogens (primary N) is 2. The molecule has 114 valence electrons. The molecule has 8 nitrogen and oxygen atoms in total. The van der Waals surface area contributed by atoms with Crippen LogP contribution in [0.15, 0.2) is 36.7 Å². The molecule has 0 saturated carbocycles. The number of methoxy groups -OCH3 is 1. The smallest absolute Gasteiger partial charge is 0.222 e. The van der Waals surface area contributed by atoms with Gasteiger partial charge in [-0.2, -0.15) is 15.3 Å². The number of benzene rings is 1. The van der Waals surface area contributed by atoms with Crippen molar-refractivity contribution in [3.63, 3.8) is 0 Å². The second-order valence-electron chi connectivity index (χ2n) is 4.64. The van der Waals surface area contributed by atoms with Crippen LogP contribution >= 0.6 is 0 Å². The van der Waals surface area contributed by atoms with Gasteiger partial charge in [-0.05, 0) is 24.3 Å². The number of anilines is 2. The van der Waals surface area contributed by atoms with E-state index in [9.17, 15) is 5.26 Å². The highest BCUT2D eigenvalue weighted by molar-refractivity contribution is 5.79. The third kappa shape index (κ3) is 2.51. The molecule has 0 unspecified atom stereocenters. The van der Waals surface area contributed by atoms with Gasteiger partial charge in [0, 0.05) is 18.0 Å². The fraction of sp³-hybridized carbons (Fsp3) is 0.0667. The van der Waals surface area contributed by atoms with Crippen molar-refractivity contribution in [2.75, 3.05) is 18.6 Å². The first-order valence-corrected chi connectivity index (χ1v) is 6.65. The Morgan fingerprint density at radius 1 is 1.26 bits per heavy atom. The second kappa shape index (κ2) is 5.65. The molecule has 23 heavy (non-hydrogen) atoms. The third-order valence-corrected chi connectivity index (χ3v) is 3.28. The Hall–Kier alpha value is -3.60. The Morgan fingerprint density at radius 2 is 2.09 bits per heavy atom. The van der Waals surface area contributed by atoms with E-state index in [1.54, 1.807) is 42.4 Å². The van der Waals surface area contributed by atoms with Gasteiger partial charge in [-0.25, -0.2) is 9.67 Å². The van der Waals surface area contributed by atoms with Crippen LogP contribution in [-0.4, -0.2) is 26.9 Å². The maximum atomic E-state index is 9.39. The molecule has 0 saturated heterocycles. The van der Waals surface area contributed by atoms with Crippen molar-refractivity contribution < 1.29 is 4.74 Å². The van der Waals surface area contributed by atoms with Gasteiger partial charge in [0.05, 0.1) is 18.5 Å². The zero-order valence-electron chi connectivity index (χ0n) is 12.3. The summed E-state index contributed by atoms with van der Waals surface area (Å²) in [6.07, 6.45) is 3.44. The Morgan fingerprint density at radius 3 is 2.74 bits per heavy atom. The summed E-state index contributed by atoms with van der Waals surface area (Å²) in [4.78, 5) is 8.02. The molecule has 1 aromatic carbocycles. The molecule has 3 aromatic rings. The summed E-state index contributed by atoms with van der Waals surface area (Å²) in [6, 6.07) is 9.17. The fourth-order valence-electron chi connectivity index (χ4n) is 2.24. The molecule has 0 fully saturated rings. The summed E-state index contributed by atoms with van der Waals surface area (Å²) < 4.78 is 6.92. The molecule has 2 heterocycles. The largest absolute Gasteiger partial charge is 0.497 e. The van der Waals surface area contributed by atoms with Crippen LogP contribution in [0.25, 0.3) is 16.9 Å². The predicted molar refractivity (Wildman–Crippen MR) is 84.7 cm³/mol. The highest BCUT2D eigenvalue weighted by atomic mass is 16.5. The molecule has 2 aromatic heterocycles. The van der Waals surface area contributed by atoms with Crippen LogP contribution in [0, 0.1) is 11.3 Å². The van der Waals surface area contributed by atoms with Crippen molar-refractivity contribution in [3.8, 4) is 28.8 Å². The molecule has 4 N–H and O–H groups in total. The number of rotatable bonds is 3. The molecule has 0 aliphatic carbocycles. The minimum absolute atomic E-state index is 0.00858. The van der Waals surface area contributed by atoms with Crippen molar-refractivity contribution in [2.45, 2.75) is 0 Å². The number of nitrogens with zero attached hydrogens (tertiary/aromatic N) is 5. The fourth-order valence-corrected chi connectivity index (χ4v) is 2.24. The minimum Gasteiger partial charge on any atom is -0.497 e. The van der Waals surface area contributed by atoms with Crippen molar-refractivity contribution >= 4 is 11.8 Å². The van der Waals surface area contributed by atoms with Gasteiger partial charge in [0.15, 0.2) is 0 Å². The number of ether oxygens (including phenoxy) is 1. The van der Waals surface area contributed by atoms with E-state index in [0.717, 1.165) is 0 Å². The normalized spacial score (nSPS) is 10.3. The summed E-state index contributed by atoms with van der Waals surface area (Å²) in [6.45, 7) is 0. The lowest BCUT2D eigenvalue weighted by Gasteiger charge is -2.13. The zero-order chi connectivity index (χ0) is 16.4. The average molecular weight is 307 g/mol. The van der Waals surface area contributed by atoms with Gasteiger partial charge in [-0.3, -0.25) is 0 Å². The number of nitrogen functional groups attached to an aromatic ring is 2. The van der Waals surface area contributed by atoms with E-state index < -0.39 is 0 Å². The zero-order valence-corrected chi connectivity index (χ0v) is 12.3. The van der Waals surface area contributed by atoms with Gasteiger partial charge >= 0.3 is 0 Å². The van der Waals surface area contributed by atoms with E-state index >= 15 is 0 Å². The first-order chi connectivity index (χ1) is 11.1. The van der Waals surface area contributed by atoms with E-state index in [1.807, 2.05) is 12.1 Å². The van der Waals surface area contributed by atoms with Crippen LogP contribution in [0.3, 0.4) is 0 Å². The molecule has 0 aliphatic heterocycles. The first kappa shape index (κ1) is 14.3. The molecule has 0 radical (unpaired) electrons. The van der Waals surface area contributed by atoms with Crippen molar-refractivity contribution in [1.29, 1.82) is 5.26 Å². The Bertz CT molecular complexity index is 897. The molecule has 0 atom stereocenters. The summed E-state index contributed by atoms with van der Waals surface area (Å²) in [7, 11) is 1.56. The molecule has 0 aliphatic rings. The Labute approximate surface area is 132 Å². The summed E-state index contributed by atoms with van der Waals surface area (Å²) in [5.41, 5.74) is 13.3.